The highest BCUT2D eigenvalue weighted by Gasteiger charge is 2.32. The molecule has 572 valence electrons. The summed E-state index contributed by atoms with van der Waals surface area (Å²) in [5.74, 6) is 2.60. The largest absolute Gasteiger partial charge is 0.297 e. The average Bonchev–Trinajstić information content (AvgIpc) is 1.54. The number of para-hydroxylation sites is 6. The Bertz CT molecular complexity index is 7290. The van der Waals surface area contributed by atoms with Crippen LogP contribution in [0.5, 0.6) is 0 Å². The summed E-state index contributed by atoms with van der Waals surface area (Å²) >= 11 is 0. The van der Waals surface area contributed by atoms with E-state index in [1.807, 2.05) is 6.20 Å². The van der Waals surface area contributed by atoms with Crippen LogP contribution in [0, 0.1) is 27.7 Å². The Balaban J connectivity index is 0.000000110. The van der Waals surface area contributed by atoms with Gasteiger partial charge in [0.25, 0.3) is 22.6 Å². The first-order valence-electron chi connectivity index (χ1n) is 41.4. The molecule has 0 aliphatic rings. The van der Waals surface area contributed by atoms with E-state index in [2.05, 4.69) is 377 Å². The van der Waals surface area contributed by atoms with Crippen molar-refractivity contribution < 1.29 is 18.1 Å². The summed E-state index contributed by atoms with van der Waals surface area (Å²) < 4.78 is 19.0. The highest BCUT2D eigenvalue weighted by Crippen LogP contribution is 2.41. The summed E-state index contributed by atoms with van der Waals surface area (Å²) in [7, 11) is 8.69. The van der Waals surface area contributed by atoms with Crippen LogP contribution in [0.2, 0.25) is 0 Å². The van der Waals surface area contributed by atoms with E-state index in [-0.39, 0.29) is 0 Å². The first-order valence-corrected chi connectivity index (χ1v) is 41.4. The minimum atomic E-state index is 0.398. The number of hydrogen-bond donors (Lipinski definition) is 0. The topological polar surface area (TPSA) is 85.5 Å². The summed E-state index contributed by atoms with van der Waals surface area (Å²) in [5, 5.41) is 9.99. The predicted molar refractivity (Wildman–Crippen MR) is 478 cm³/mol. The molecule has 0 fully saturated rings. The van der Waals surface area contributed by atoms with E-state index in [4.69, 9.17) is 19.9 Å². The number of benzene rings is 8. The van der Waals surface area contributed by atoms with Gasteiger partial charge >= 0.3 is 0 Å². The molecule has 12 nitrogen and oxygen atoms in total. The Kier molecular flexibility index (Phi) is 18.9. The highest BCUT2D eigenvalue weighted by molar-refractivity contribution is 6.16. The van der Waals surface area contributed by atoms with Crippen molar-refractivity contribution in [2.45, 2.75) is 173 Å². The zero-order valence-corrected chi connectivity index (χ0v) is 70.7. The lowest BCUT2D eigenvalue weighted by molar-refractivity contribution is -0.617. The summed E-state index contributed by atoms with van der Waals surface area (Å²) in [6.45, 7) is 40.2. The van der Waals surface area contributed by atoms with Gasteiger partial charge in [-0.05, 0) is 241 Å². The van der Waals surface area contributed by atoms with Gasteiger partial charge in [-0.3, -0.25) is 19.9 Å². The second-order valence-electron chi connectivity index (χ2n) is 34.1. The maximum atomic E-state index is 5.24. The molecule has 0 N–H and O–H groups in total. The number of fused-ring (bicyclic) bond motifs is 32. The molecule has 0 bridgehead atoms. The minimum absolute atomic E-state index is 0.398. The molecule has 0 saturated carbocycles. The van der Waals surface area contributed by atoms with Crippen molar-refractivity contribution in [2.75, 3.05) is 0 Å². The number of aryl methyl sites for hydroxylation is 10. The minimum Gasteiger partial charge on any atom is -0.255 e. The van der Waals surface area contributed by atoms with Crippen LogP contribution in [-0.2, 0) is 41.0 Å². The summed E-state index contributed by atoms with van der Waals surface area (Å²) in [6, 6.07) is 69.1. The smallest absolute Gasteiger partial charge is 0.255 e. The maximum Gasteiger partial charge on any atom is 0.297 e. The molecule has 0 spiro atoms. The van der Waals surface area contributed by atoms with Crippen LogP contribution in [0.3, 0.4) is 0 Å². The van der Waals surface area contributed by atoms with E-state index in [1.54, 1.807) is 0 Å². The van der Waals surface area contributed by atoms with Crippen LogP contribution in [-0.4, -0.2) is 37.7 Å². The number of rotatable bonds is 8. The Morgan fingerprint density at radius 2 is 0.763 bits per heavy atom. The molecule has 0 aliphatic carbocycles. The molecule has 12 heterocycles. The highest BCUT2D eigenvalue weighted by atomic mass is 15.1. The van der Waals surface area contributed by atoms with Gasteiger partial charge in [0.1, 0.15) is 22.1 Å². The average molecular weight is 1500 g/mol. The van der Waals surface area contributed by atoms with E-state index in [9.17, 15) is 0 Å². The third-order valence-electron chi connectivity index (χ3n) is 24.7. The second kappa shape index (κ2) is 28.7. The van der Waals surface area contributed by atoms with Gasteiger partial charge in [-0.2, -0.15) is 17.6 Å². The summed E-state index contributed by atoms with van der Waals surface area (Å²) in [4.78, 5) is 20.4. The van der Waals surface area contributed by atoms with E-state index in [1.165, 1.54) is 182 Å². The van der Waals surface area contributed by atoms with Gasteiger partial charge in [0.2, 0.25) is 0 Å². The molecule has 0 atom stereocenters. The Labute approximate surface area is 668 Å². The first-order chi connectivity index (χ1) is 54.8. The predicted octanol–water partition coefficient (Wildman–Crippen LogP) is 23.6. The van der Waals surface area contributed by atoms with Gasteiger partial charge in [0.05, 0.1) is 77.2 Å². The molecule has 20 aromatic rings. The van der Waals surface area contributed by atoms with Gasteiger partial charge in [-0.1, -0.05) is 170 Å². The molecule has 0 amide bonds. The van der Waals surface area contributed by atoms with E-state index < -0.39 is 0 Å². The number of hydrogen-bond acceptors (Lipinski definition) is 4. The van der Waals surface area contributed by atoms with Crippen LogP contribution in [0.4, 0.5) is 0 Å². The third kappa shape index (κ3) is 11.8. The lowest BCUT2D eigenvalue weighted by Gasteiger charge is -2.15. The van der Waals surface area contributed by atoms with E-state index in [0.717, 1.165) is 52.0 Å². The number of nitrogens with zero attached hydrogens (tertiary/aromatic N) is 12. The van der Waals surface area contributed by atoms with Crippen LogP contribution in [0.25, 0.3) is 154 Å². The van der Waals surface area contributed by atoms with Crippen LogP contribution in [0.1, 0.15) is 200 Å². The third-order valence-corrected chi connectivity index (χ3v) is 24.7. The van der Waals surface area contributed by atoms with Crippen molar-refractivity contribution in [3.63, 3.8) is 0 Å². The number of imidazole rings is 4. The van der Waals surface area contributed by atoms with Gasteiger partial charge < -0.3 is 0 Å². The molecular weight excluding hydrogens is 1390 g/mol. The zero-order valence-electron chi connectivity index (χ0n) is 70.7. The molecule has 0 unspecified atom stereocenters. The molecule has 0 radical (unpaired) electrons. The molecule has 0 aliphatic heterocycles. The van der Waals surface area contributed by atoms with E-state index >= 15 is 0 Å². The van der Waals surface area contributed by atoms with Crippen molar-refractivity contribution in [1.29, 1.82) is 0 Å². The quantitative estimate of drug-likeness (QED) is 0.112. The van der Waals surface area contributed by atoms with Gasteiger partial charge in [0.15, 0.2) is 44.1 Å². The molecule has 20 rings (SSSR count). The Hall–Kier alpha value is -11.8. The van der Waals surface area contributed by atoms with Crippen molar-refractivity contribution in [3.05, 3.63) is 261 Å². The number of pyridine rings is 8. The van der Waals surface area contributed by atoms with Crippen molar-refractivity contribution in [3.8, 4) is 0 Å². The van der Waals surface area contributed by atoms with E-state index in [0.29, 0.717) is 35.5 Å². The van der Waals surface area contributed by atoms with Crippen LogP contribution in [0.15, 0.2) is 194 Å². The van der Waals surface area contributed by atoms with Crippen LogP contribution >= 0.6 is 0 Å². The fourth-order valence-electron chi connectivity index (χ4n) is 18.4. The van der Waals surface area contributed by atoms with Gasteiger partial charge in [-0.15, -0.1) is 0 Å². The zero-order chi connectivity index (χ0) is 80.0. The summed E-state index contributed by atoms with van der Waals surface area (Å²) in [6.07, 6.45) is 4.01. The van der Waals surface area contributed by atoms with Gasteiger partial charge in [-0.25, -0.2) is 18.3 Å². The molecule has 12 heteroatoms. The van der Waals surface area contributed by atoms with Crippen molar-refractivity contribution in [1.82, 2.24) is 37.7 Å². The lowest BCUT2D eigenvalue weighted by Crippen LogP contribution is -2.27. The molecule has 114 heavy (non-hydrogen) atoms. The normalized spacial score (nSPS) is 12.3. The van der Waals surface area contributed by atoms with Crippen molar-refractivity contribution >= 4 is 154 Å². The number of aromatic nitrogens is 12. The lowest BCUT2D eigenvalue weighted by atomic mass is 9.94. The molecule has 8 aromatic carbocycles. The fourth-order valence-corrected chi connectivity index (χ4v) is 18.4. The van der Waals surface area contributed by atoms with Crippen LogP contribution < -0.4 is 18.1 Å². The van der Waals surface area contributed by atoms with Gasteiger partial charge in [0, 0.05) is 39.4 Å². The molecule has 0 saturated heterocycles. The first kappa shape index (κ1) is 75.0. The summed E-state index contributed by atoms with van der Waals surface area (Å²) in [5.41, 5.74) is 39.6. The second-order valence-corrected chi connectivity index (χ2v) is 34.1. The Morgan fingerprint density at radius 1 is 0.316 bits per heavy atom. The molecule has 12 aromatic heterocycles. The molecular formula is C102H108N12+4. The van der Waals surface area contributed by atoms with Crippen molar-refractivity contribution in [2.24, 2.45) is 28.2 Å². The standard InChI is InChI=1S/3C26H28N3.C24H24N3/c1-15(2)18-10-9-13-22-24(18)25-23(17(5)14-19(27-25)16(3)4)26-28(6)20-11-7-8-12-21(20)29(22)26;1-15(2)18-11-12-21-19(14-18)25-24(17(5)13-20(27-25)16(3)4)26-28(6)22-9-7-8-10-23(22)29(21)26;1-15(2)18-11-12-19-23(14-18)29-22-10-8-7-9-21(22)28(6)26(29)24-17(5)13-20(16(3)4)27-25(19)24;1-5-16-7-9-19-18(13-16)23-22(15(3)11-12-25-23)24-26(4)21-14-17(6-2)8-10-20(21)27(19)24/h3*7-16H,1-6H3;7-14H,5-6H2,1-4H3/q4*+1. The monoisotopic (exact) mass is 1500 g/mol. The fraction of sp³-hybridized carbons (Fsp3) is 0.294. The Morgan fingerprint density at radius 3 is 1.28 bits per heavy atom. The SMILES string of the molecule is CCc1ccc2c(c1)c1nccc(C)c1c1n(C)c3cc(CC)ccc3[n+]21.Cc1cc(C(C)C)nc2c3c(C(C)C)cccc3n3c4ccccc4[n+](C)c3c12.Cc1cc(C(C)C)nc2c3cc(C(C)C)ccc3n3c4ccccc4[n+](C)c3c12.Cc1cc(C(C)C)nc2c3ccc(C(C)C)cc3n3c4ccccc4[n+](C)c3c12. The maximum absolute atomic E-state index is 5.24.